The van der Waals surface area contributed by atoms with Crippen LogP contribution in [-0.4, -0.2) is 87.0 Å². The van der Waals surface area contributed by atoms with Crippen LogP contribution >= 0.6 is 0 Å². The first-order valence-electron chi connectivity index (χ1n) is 12.4. The van der Waals surface area contributed by atoms with Gasteiger partial charge in [0.05, 0.1) is 25.2 Å². The van der Waals surface area contributed by atoms with E-state index in [1.807, 2.05) is 0 Å². The molecule has 0 saturated carbocycles. The minimum atomic E-state index is -3.34. The Hall–Kier alpha value is -3.48. The summed E-state index contributed by atoms with van der Waals surface area (Å²) in [6.07, 6.45) is 1.47. The number of ether oxygens (including phenoxy) is 1. The van der Waals surface area contributed by atoms with E-state index in [2.05, 4.69) is 25.7 Å². The summed E-state index contributed by atoms with van der Waals surface area (Å²) < 4.78 is 86.5. The van der Waals surface area contributed by atoms with Gasteiger partial charge in [-0.1, -0.05) is 11.3 Å². The number of benzene rings is 1. The molecular weight excluding hydrogens is 468 g/mol. The van der Waals surface area contributed by atoms with Gasteiger partial charge in [-0.2, -0.15) is 4.98 Å². The molecule has 5 rings (SSSR count). The third-order valence-electron chi connectivity index (χ3n) is 6.06. The van der Waals surface area contributed by atoms with Crippen molar-refractivity contribution in [3.63, 3.8) is 0 Å². The Bertz CT molecular complexity index is 1460. The van der Waals surface area contributed by atoms with Gasteiger partial charge in [0.2, 0.25) is 11.8 Å². The number of alkyl halides is 4. The smallest absolute Gasteiger partial charge is 0.280 e. The van der Waals surface area contributed by atoms with Crippen molar-refractivity contribution in [2.24, 2.45) is 0 Å². The van der Waals surface area contributed by atoms with Gasteiger partial charge in [-0.3, -0.25) is 0 Å². The summed E-state index contributed by atoms with van der Waals surface area (Å²) in [6.45, 7) is -5.46. The maximum Gasteiger partial charge on any atom is 0.280 e. The molecule has 0 spiro atoms. The van der Waals surface area contributed by atoms with Crippen LogP contribution in [0.3, 0.4) is 0 Å². The second-order valence-corrected chi connectivity index (χ2v) is 8.34. The minimum absolute atomic E-state index is 0.0452. The lowest BCUT2D eigenvalue weighted by atomic mass is 10.0. The number of fused-ring (bicyclic) bond motifs is 2. The fourth-order valence-electron chi connectivity index (χ4n) is 4.25. The molecule has 186 valence electrons. The van der Waals surface area contributed by atoms with Crippen molar-refractivity contribution in [3.05, 3.63) is 30.5 Å². The molecule has 1 fully saturated rings. The van der Waals surface area contributed by atoms with Crippen LogP contribution in [-0.2, 0) is 0 Å². The van der Waals surface area contributed by atoms with Gasteiger partial charge in [0, 0.05) is 22.4 Å². The Balaban J connectivity index is 1.48. The molecule has 4 aromatic rings. The van der Waals surface area contributed by atoms with Crippen LogP contribution in [0.2, 0.25) is 0 Å². The van der Waals surface area contributed by atoms with Crippen molar-refractivity contribution in [2.75, 3.05) is 45.8 Å². The summed E-state index contributed by atoms with van der Waals surface area (Å²) in [5.74, 6) is -3.36. The highest BCUT2D eigenvalue weighted by molar-refractivity contribution is 5.89. The Labute approximate surface area is 201 Å². The quantitative estimate of drug-likeness (QED) is 0.394. The first-order chi connectivity index (χ1) is 18.1. The molecule has 1 aromatic carbocycles. The molecule has 1 aliphatic rings. The number of nitrogens with zero attached hydrogens (tertiary/aromatic N) is 7. The van der Waals surface area contributed by atoms with Gasteiger partial charge in [-0.05, 0) is 37.2 Å². The first-order valence-corrected chi connectivity index (χ1v) is 10.9. The molecule has 4 heterocycles. The van der Waals surface area contributed by atoms with Gasteiger partial charge in [0.25, 0.3) is 5.92 Å². The summed E-state index contributed by atoms with van der Waals surface area (Å²) >= 11 is 0. The van der Waals surface area contributed by atoms with Gasteiger partial charge < -0.3 is 15.0 Å². The number of rotatable bonds is 7. The van der Waals surface area contributed by atoms with E-state index >= 15 is 0 Å². The zero-order valence-corrected chi connectivity index (χ0v) is 18.6. The highest BCUT2D eigenvalue weighted by Crippen LogP contribution is 2.34. The van der Waals surface area contributed by atoms with Crippen molar-refractivity contribution in [2.45, 2.75) is 24.4 Å². The number of nitrogens with one attached hydrogen (secondary N) is 1. The number of piperidine rings is 1. The Morgan fingerprint density at radius 1 is 1.29 bits per heavy atom. The van der Waals surface area contributed by atoms with Crippen LogP contribution in [0.4, 0.5) is 23.5 Å². The van der Waals surface area contributed by atoms with Gasteiger partial charge >= 0.3 is 0 Å². The van der Waals surface area contributed by atoms with E-state index in [1.165, 1.54) is 16.3 Å². The van der Waals surface area contributed by atoms with Crippen LogP contribution in [0.15, 0.2) is 30.5 Å². The van der Waals surface area contributed by atoms with Crippen LogP contribution in [0.5, 0.6) is 5.88 Å². The number of aromatic nitrogens is 6. The van der Waals surface area contributed by atoms with E-state index in [-0.39, 0.29) is 24.8 Å². The number of anilines is 1. The molecule has 0 unspecified atom stereocenters. The van der Waals surface area contributed by atoms with E-state index in [1.54, 1.807) is 30.5 Å². The van der Waals surface area contributed by atoms with E-state index < -0.39 is 44.9 Å². The maximum absolute atomic E-state index is 14.8. The van der Waals surface area contributed by atoms with Crippen LogP contribution in [0.1, 0.15) is 16.6 Å². The van der Waals surface area contributed by atoms with E-state index in [4.69, 9.17) is 8.85 Å². The predicted molar refractivity (Wildman–Crippen MR) is 122 cm³/mol. The van der Waals surface area contributed by atoms with Gasteiger partial charge in [0.1, 0.15) is 30.4 Å². The predicted octanol–water partition coefficient (Wildman–Crippen LogP) is 3.38. The lowest BCUT2D eigenvalue weighted by molar-refractivity contribution is -0.0675. The van der Waals surface area contributed by atoms with E-state index in [9.17, 15) is 17.6 Å². The molecule has 9 nitrogen and oxygen atoms in total. The Morgan fingerprint density at radius 2 is 2.11 bits per heavy atom. The maximum atomic E-state index is 14.8. The van der Waals surface area contributed by atoms with Gasteiger partial charge in [0.15, 0.2) is 0 Å². The molecule has 0 aliphatic carbocycles. The fourth-order valence-corrected chi connectivity index (χ4v) is 4.25. The minimum Gasteiger partial charge on any atom is -0.479 e. The molecular formula is C22H24F4N8O. The molecule has 35 heavy (non-hydrogen) atoms. The molecule has 0 radical (unpaired) electrons. The highest BCUT2D eigenvalue weighted by Gasteiger charge is 2.44. The van der Waals surface area contributed by atoms with E-state index in [0.717, 1.165) is 4.90 Å². The average Bonchev–Trinajstić information content (AvgIpc) is 3.49. The molecule has 3 aromatic heterocycles. The van der Waals surface area contributed by atoms with Gasteiger partial charge in [-0.25, -0.2) is 26.8 Å². The molecule has 1 N–H and O–H groups in total. The fraction of sp³-hybridized carbons (Fsp3) is 0.455. The molecule has 1 saturated heterocycles. The van der Waals surface area contributed by atoms with Crippen LogP contribution in [0, 0.1) is 0 Å². The summed E-state index contributed by atoms with van der Waals surface area (Å²) in [6, 6.07) is 4.35. The van der Waals surface area contributed by atoms with E-state index in [0.29, 0.717) is 27.7 Å². The normalized spacial score (nSPS) is 20.2. The third kappa shape index (κ3) is 4.13. The summed E-state index contributed by atoms with van der Waals surface area (Å²) in [4.78, 5) is 5.05. The largest absolute Gasteiger partial charge is 0.479 e. The SMILES string of the molecule is [2H]C([2H])([2H])N1CC[C@@H](Nc2nc(OC)c3c(-c4ccc5nnn(C(CF)CF)c5c4)ccn3n2)C(F)(F)C1. The lowest BCUT2D eigenvalue weighted by Crippen LogP contribution is -2.53. The zero-order chi connectivity index (χ0) is 27.2. The van der Waals surface area contributed by atoms with Crippen molar-refractivity contribution < 1.29 is 26.4 Å². The van der Waals surface area contributed by atoms with Crippen molar-refractivity contribution in [1.82, 2.24) is 34.5 Å². The molecule has 0 amide bonds. The summed E-state index contributed by atoms with van der Waals surface area (Å²) in [5.41, 5.74) is 2.60. The second kappa shape index (κ2) is 8.95. The molecule has 13 heteroatoms. The Kier molecular flexibility index (Phi) is 5.06. The number of methoxy groups -OCH3 is 1. The third-order valence-corrected chi connectivity index (χ3v) is 6.06. The number of hydrogen-bond donors (Lipinski definition) is 1. The molecule has 0 bridgehead atoms. The zero-order valence-electron chi connectivity index (χ0n) is 21.6. The second-order valence-electron chi connectivity index (χ2n) is 8.34. The Morgan fingerprint density at radius 3 is 2.83 bits per heavy atom. The first kappa shape index (κ1) is 19.8. The number of halogens is 4. The highest BCUT2D eigenvalue weighted by atomic mass is 19.3. The summed E-state index contributed by atoms with van der Waals surface area (Å²) in [7, 11) is 1.38. The van der Waals surface area contributed by atoms with Crippen molar-refractivity contribution >= 4 is 22.5 Å². The van der Waals surface area contributed by atoms with Crippen molar-refractivity contribution in [3.8, 4) is 17.0 Å². The average molecular weight is 495 g/mol. The number of likely N-dealkylation sites (tertiary alicyclic amines) is 1. The standard InChI is InChI=1S/C22H24F4N8O/c1-32-7-6-18(22(25,26)12-32)27-21-28-20(35-2)19-15(5-8-33(19)30-21)13-3-4-16-17(9-13)34(31-29-16)14(10-23)11-24/h3-5,8-9,14,18H,6-7,10-12H2,1-2H3,(H,27,30)/t18-/m1/s1/i1D3. The summed E-state index contributed by atoms with van der Waals surface area (Å²) in [5, 5.41) is 14.8. The van der Waals surface area contributed by atoms with Gasteiger partial charge in [-0.15, -0.1) is 10.2 Å². The van der Waals surface area contributed by atoms with Crippen molar-refractivity contribution in [1.29, 1.82) is 0 Å². The van der Waals surface area contributed by atoms with Crippen LogP contribution < -0.4 is 10.1 Å². The lowest BCUT2D eigenvalue weighted by Gasteiger charge is -2.36. The topological polar surface area (TPSA) is 85.4 Å². The molecule has 1 aliphatic heterocycles. The molecule has 1 atom stereocenters. The number of hydrogen-bond acceptors (Lipinski definition) is 7. The monoisotopic (exact) mass is 495 g/mol. The van der Waals surface area contributed by atoms with Crippen LogP contribution in [0.25, 0.3) is 27.7 Å².